The van der Waals surface area contributed by atoms with Crippen molar-refractivity contribution >= 4 is 17.6 Å². The number of pyridine rings is 1. The second kappa shape index (κ2) is 5.97. The average Bonchev–Trinajstić information content (AvgIpc) is 2.53. The predicted octanol–water partition coefficient (Wildman–Crippen LogP) is 3.92. The number of aryl methyl sites for hydroxylation is 1. The molecule has 1 atom stereocenters. The summed E-state index contributed by atoms with van der Waals surface area (Å²) in [6.45, 7) is 0. The minimum absolute atomic E-state index is 0.483. The van der Waals surface area contributed by atoms with Crippen LogP contribution in [0.4, 0.5) is 0 Å². The fourth-order valence-corrected chi connectivity index (χ4v) is 3.15. The fourth-order valence-electron chi connectivity index (χ4n) is 2.88. The number of ether oxygens (including phenoxy) is 1. The van der Waals surface area contributed by atoms with Crippen molar-refractivity contribution in [3.05, 3.63) is 46.6 Å². The summed E-state index contributed by atoms with van der Waals surface area (Å²) in [4.78, 5) is 16.0. The quantitative estimate of drug-likeness (QED) is 0.932. The third-order valence-corrected chi connectivity index (χ3v) is 4.32. The molecular weight excluding hydrogens is 302 g/mol. The standard InChI is InChI=1S/C17H16ClNO3/c1-22-11-7-5-10(6-8-11)16-14(18)9-13-12(17(20)21)3-2-4-15(13)19-16/h5-9,12H,2-4H2,1H3,(H,20,21). The molecule has 0 bridgehead atoms. The van der Waals surface area contributed by atoms with Crippen LogP contribution >= 0.6 is 11.6 Å². The van der Waals surface area contributed by atoms with E-state index >= 15 is 0 Å². The number of aromatic nitrogens is 1. The summed E-state index contributed by atoms with van der Waals surface area (Å²) in [7, 11) is 1.62. The van der Waals surface area contributed by atoms with Gasteiger partial charge in [0.1, 0.15) is 5.75 Å². The van der Waals surface area contributed by atoms with Crippen molar-refractivity contribution in [1.29, 1.82) is 0 Å². The van der Waals surface area contributed by atoms with E-state index in [1.165, 1.54) is 0 Å². The number of aliphatic carboxylic acids is 1. The molecule has 3 rings (SSSR count). The molecule has 4 nitrogen and oxygen atoms in total. The van der Waals surface area contributed by atoms with Crippen LogP contribution in [0.1, 0.15) is 30.0 Å². The highest BCUT2D eigenvalue weighted by molar-refractivity contribution is 6.33. The first-order chi connectivity index (χ1) is 10.6. The molecule has 1 aromatic carbocycles. The second-order valence-corrected chi connectivity index (χ2v) is 5.77. The number of hydrogen-bond acceptors (Lipinski definition) is 3. The lowest BCUT2D eigenvalue weighted by atomic mass is 9.85. The maximum Gasteiger partial charge on any atom is 0.311 e. The number of halogens is 1. The van der Waals surface area contributed by atoms with Crippen LogP contribution in [-0.2, 0) is 11.2 Å². The van der Waals surface area contributed by atoms with Crippen molar-refractivity contribution in [2.45, 2.75) is 25.2 Å². The molecular formula is C17H16ClNO3. The Morgan fingerprint density at radius 2 is 2.09 bits per heavy atom. The molecule has 1 N–H and O–H groups in total. The molecule has 1 aromatic heterocycles. The molecule has 0 fully saturated rings. The zero-order valence-electron chi connectivity index (χ0n) is 12.2. The topological polar surface area (TPSA) is 59.4 Å². The Balaban J connectivity index is 2.05. The summed E-state index contributed by atoms with van der Waals surface area (Å²) < 4.78 is 5.15. The van der Waals surface area contributed by atoms with Crippen LogP contribution in [0.2, 0.25) is 5.02 Å². The molecule has 0 aliphatic heterocycles. The Morgan fingerprint density at radius 3 is 2.73 bits per heavy atom. The third kappa shape index (κ3) is 2.66. The molecule has 0 amide bonds. The van der Waals surface area contributed by atoms with Crippen LogP contribution in [0.5, 0.6) is 5.75 Å². The summed E-state index contributed by atoms with van der Waals surface area (Å²) in [5.41, 5.74) is 3.18. The lowest BCUT2D eigenvalue weighted by Gasteiger charge is -2.22. The summed E-state index contributed by atoms with van der Waals surface area (Å²) in [6.07, 6.45) is 2.27. The summed E-state index contributed by atoms with van der Waals surface area (Å²) in [6, 6.07) is 9.27. The van der Waals surface area contributed by atoms with Crippen LogP contribution in [0.25, 0.3) is 11.3 Å². The molecule has 114 valence electrons. The van der Waals surface area contributed by atoms with Gasteiger partial charge in [0.2, 0.25) is 0 Å². The maximum absolute atomic E-state index is 11.4. The lowest BCUT2D eigenvalue weighted by Crippen LogP contribution is -2.19. The maximum atomic E-state index is 11.4. The van der Waals surface area contributed by atoms with E-state index in [4.69, 9.17) is 16.3 Å². The number of nitrogens with zero attached hydrogens (tertiary/aromatic N) is 1. The van der Waals surface area contributed by atoms with Crippen LogP contribution in [-0.4, -0.2) is 23.2 Å². The Bertz CT molecular complexity index is 713. The Hall–Kier alpha value is -2.07. The zero-order chi connectivity index (χ0) is 15.7. The predicted molar refractivity (Wildman–Crippen MR) is 84.5 cm³/mol. The molecule has 1 aliphatic rings. The molecule has 0 spiro atoms. The van der Waals surface area contributed by atoms with E-state index in [0.29, 0.717) is 17.1 Å². The van der Waals surface area contributed by atoms with E-state index in [1.807, 2.05) is 24.3 Å². The average molecular weight is 318 g/mol. The first-order valence-corrected chi connectivity index (χ1v) is 7.54. The van der Waals surface area contributed by atoms with E-state index < -0.39 is 11.9 Å². The normalized spacial score (nSPS) is 16.9. The van der Waals surface area contributed by atoms with Gasteiger partial charge in [-0.3, -0.25) is 9.78 Å². The molecule has 0 saturated carbocycles. The van der Waals surface area contributed by atoms with Gasteiger partial charge in [-0.25, -0.2) is 0 Å². The van der Waals surface area contributed by atoms with E-state index in [-0.39, 0.29) is 0 Å². The minimum Gasteiger partial charge on any atom is -0.497 e. The second-order valence-electron chi connectivity index (χ2n) is 5.37. The van der Waals surface area contributed by atoms with Crippen molar-refractivity contribution < 1.29 is 14.6 Å². The van der Waals surface area contributed by atoms with Crippen molar-refractivity contribution in [3.63, 3.8) is 0 Å². The number of benzene rings is 1. The van der Waals surface area contributed by atoms with Gasteiger partial charge in [-0.15, -0.1) is 0 Å². The number of hydrogen-bond donors (Lipinski definition) is 1. The fraction of sp³-hybridized carbons (Fsp3) is 0.294. The van der Waals surface area contributed by atoms with Crippen molar-refractivity contribution in [1.82, 2.24) is 4.98 Å². The summed E-state index contributed by atoms with van der Waals surface area (Å²) >= 11 is 6.35. The van der Waals surface area contributed by atoms with Crippen LogP contribution in [0.15, 0.2) is 30.3 Å². The number of fused-ring (bicyclic) bond motifs is 1. The molecule has 1 heterocycles. The number of carboxylic acid groups (broad SMARTS) is 1. The molecule has 22 heavy (non-hydrogen) atoms. The van der Waals surface area contributed by atoms with Gasteiger partial charge < -0.3 is 9.84 Å². The van der Waals surface area contributed by atoms with Gasteiger partial charge in [0, 0.05) is 11.3 Å². The van der Waals surface area contributed by atoms with E-state index in [2.05, 4.69) is 4.98 Å². The van der Waals surface area contributed by atoms with Gasteiger partial charge in [0.15, 0.2) is 0 Å². The van der Waals surface area contributed by atoms with Gasteiger partial charge in [-0.2, -0.15) is 0 Å². The largest absolute Gasteiger partial charge is 0.497 e. The van der Waals surface area contributed by atoms with Crippen LogP contribution < -0.4 is 4.74 Å². The Kier molecular flexibility index (Phi) is 4.03. The molecule has 1 unspecified atom stereocenters. The zero-order valence-corrected chi connectivity index (χ0v) is 12.9. The highest BCUT2D eigenvalue weighted by Gasteiger charge is 2.28. The minimum atomic E-state index is -0.809. The SMILES string of the molecule is COc1ccc(-c2nc3c(cc2Cl)C(C(=O)O)CCC3)cc1. The van der Waals surface area contributed by atoms with Crippen LogP contribution in [0, 0.1) is 0 Å². The lowest BCUT2D eigenvalue weighted by molar-refractivity contribution is -0.139. The Labute approximate surface area is 133 Å². The van der Waals surface area contributed by atoms with Gasteiger partial charge >= 0.3 is 5.97 Å². The van der Waals surface area contributed by atoms with Gasteiger partial charge in [0.05, 0.1) is 23.7 Å². The van der Waals surface area contributed by atoms with E-state index in [1.54, 1.807) is 13.2 Å². The van der Waals surface area contributed by atoms with Gasteiger partial charge in [-0.1, -0.05) is 11.6 Å². The van der Waals surface area contributed by atoms with Crippen molar-refractivity contribution in [3.8, 4) is 17.0 Å². The highest BCUT2D eigenvalue weighted by atomic mass is 35.5. The van der Waals surface area contributed by atoms with Crippen LogP contribution in [0.3, 0.4) is 0 Å². The number of carbonyl (C=O) groups is 1. The third-order valence-electron chi connectivity index (χ3n) is 4.03. The molecule has 5 heteroatoms. The summed E-state index contributed by atoms with van der Waals surface area (Å²) in [5, 5.41) is 9.82. The van der Waals surface area contributed by atoms with E-state index in [9.17, 15) is 9.90 Å². The van der Waals surface area contributed by atoms with E-state index in [0.717, 1.165) is 35.4 Å². The van der Waals surface area contributed by atoms with Crippen molar-refractivity contribution in [2.24, 2.45) is 0 Å². The highest BCUT2D eigenvalue weighted by Crippen LogP contribution is 2.36. The molecule has 0 saturated heterocycles. The van der Waals surface area contributed by atoms with Crippen molar-refractivity contribution in [2.75, 3.05) is 7.11 Å². The Morgan fingerprint density at radius 1 is 1.36 bits per heavy atom. The molecule has 2 aromatic rings. The monoisotopic (exact) mass is 317 g/mol. The van der Waals surface area contributed by atoms with Gasteiger partial charge in [0.25, 0.3) is 0 Å². The smallest absolute Gasteiger partial charge is 0.311 e. The number of methoxy groups -OCH3 is 1. The molecule has 1 aliphatic carbocycles. The van der Waals surface area contributed by atoms with Gasteiger partial charge in [-0.05, 0) is 55.2 Å². The first kappa shape index (κ1) is 14.9. The number of carboxylic acids is 1. The number of rotatable bonds is 3. The first-order valence-electron chi connectivity index (χ1n) is 7.16. The summed E-state index contributed by atoms with van der Waals surface area (Å²) in [5.74, 6) is -0.543. The molecule has 0 radical (unpaired) electrons.